The minimum atomic E-state index is -1.65. The number of hydrogen-bond acceptors (Lipinski definition) is 12. The number of benzene rings is 5. The molecule has 0 aliphatic heterocycles. The van der Waals surface area contributed by atoms with E-state index in [1.807, 2.05) is 26.0 Å². The second kappa shape index (κ2) is 26.5. The number of nitrogens with one attached hydrogen (secondary N) is 4. The predicted molar refractivity (Wildman–Crippen MR) is 274 cm³/mol. The van der Waals surface area contributed by atoms with Crippen molar-refractivity contribution in [3.63, 3.8) is 0 Å². The molecule has 2 atom stereocenters. The fourth-order valence-corrected chi connectivity index (χ4v) is 7.57. The molecular formula is C49H47Cl5N8O8. The lowest BCUT2D eigenvalue weighted by atomic mass is 10.1. The molecule has 0 heterocycles. The Morgan fingerprint density at radius 2 is 1.00 bits per heavy atom. The summed E-state index contributed by atoms with van der Waals surface area (Å²) < 4.78 is 11.6. The van der Waals surface area contributed by atoms with Gasteiger partial charge in [0, 0.05) is 40.1 Å². The predicted octanol–water partition coefficient (Wildman–Crippen LogP) is 12.0. The molecule has 0 saturated heterocycles. The third kappa shape index (κ3) is 14.6. The Bertz CT molecular complexity index is 2830. The van der Waals surface area contributed by atoms with Crippen LogP contribution in [0.25, 0.3) is 0 Å². The number of aryl methyl sites for hydroxylation is 2. The molecular weight excluding hydrogens is 1010 g/mol. The van der Waals surface area contributed by atoms with Crippen LogP contribution in [0.4, 0.5) is 34.1 Å². The number of anilines is 4. The molecule has 366 valence electrons. The molecule has 0 fully saturated rings. The van der Waals surface area contributed by atoms with E-state index < -0.39 is 47.3 Å². The fraction of sp³-hybridized carbons (Fsp3) is 0.265. The molecule has 4 N–H and O–H groups in total. The van der Waals surface area contributed by atoms with Gasteiger partial charge in [-0.2, -0.15) is 20.5 Å². The van der Waals surface area contributed by atoms with E-state index in [0.29, 0.717) is 66.3 Å². The van der Waals surface area contributed by atoms with E-state index in [1.165, 1.54) is 54.6 Å². The molecule has 0 aliphatic carbocycles. The maximum absolute atomic E-state index is 13.5. The smallest absolute Gasteiger partial charge is 0.258 e. The molecule has 4 amide bonds. The Morgan fingerprint density at radius 3 is 1.41 bits per heavy atom. The third-order valence-corrected chi connectivity index (χ3v) is 11.3. The molecule has 0 radical (unpaired) electrons. The first-order valence-corrected chi connectivity index (χ1v) is 23.9. The Balaban J connectivity index is 1.27. The van der Waals surface area contributed by atoms with Crippen LogP contribution in [0.15, 0.2) is 111 Å². The van der Waals surface area contributed by atoms with E-state index >= 15 is 0 Å². The summed E-state index contributed by atoms with van der Waals surface area (Å²) in [6.07, 6.45) is 1.05. The van der Waals surface area contributed by atoms with Crippen molar-refractivity contribution < 1.29 is 38.2 Å². The van der Waals surface area contributed by atoms with Crippen molar-refractivity contribution in [3.8, 4) is 11.5 Å². The van der Waals surface area contributed by atoms with Crippen molar-refractivity contribution in [2.24, 2.45) is 20.5 Å². The second-order valence-electron chi connectivity index (χ2n) is 15.0. The van der Waals surface area contributed by atoms with Gasteiger partial charge in [0.15, 0.2) is 11.6 Å². The SMILES string of the molecule is CCOc1c(CCCl)cccc1NC(=O)c1ccc(Cl)c(N=NC(C(C)=O)C(=O)Nc2ccc(NC(=O)C(N=Nc3cc(C(=O)Nc4cccc(CCCl)c4OCC)ccc3Cl)C(C)=O)c(CCl)c2)c1. The van der Waals surface area contributed by atoms with Crippen molar-refractivity contribution in [3.05, 3.63) is 129 Å². The highest BCUT2D eigenvalue weighted by Gasteiger charge is 2.27. The molecule has 0 aromatic heterocycles. The number of ketones is 2. The van der Waals surface area contributed by atoms with E-state index in [0.717, 1.165) is 25.0 Å². The average molecular weight is 1050 g/mol. The summed E-state index contributed by atoms with van der Waals surface area (Å²) in [4.78, 5) is 79.1. The highest BCUT2D eigenvalue weighted by molar-refractivity contribution is 6.33. The first-order valence-electron chi connectivity index (χ1n) is 21.6. The summed E-state index contributed by atoms with van der Waals surface area (Å²) in [7, 11) is 0. The lowest BCUT2D eigenvalue weighted by Crippen LogP contribution is -2.32. The van der Waals surface area contributed by atoms with Crippen LogP contribution in [0.1, 0.15) is 65.1 Å². The van der Waals surface area contributed by atoms with Crippen LogP contribution < -0.4 is 30.7 Å². The van der Waals surface area contributed by atoms with Crippen LogP contribution in [0.3, 0.4) is 0 Å². The van der Waals surface area contributed by atoms with E-state index in [-0.39, 0.29) is 49.8 Å². The maximum Gasteiger partial charge on any atom is 0.258 e. The Hall–Kier alpha value is -6.43. The number of Topliss-reactive ketones (excluding diaryl/α,β-unsaturated/α-hetero) is 2. The van der Waals surface area contributed by atoms with E-state index in [4.69, 9.17) is 67.5 Å². The largest absolute Gasteiger partial charge is 0.491 e. The topological polar surface area (TPSA) is 218 Å². The summed E-state index contributed by atoms with van der Waals surface area (Å²) in [5.41, 5.74) is 3.51. The quantitative estimate of drug-likeness (QED) is 0.0279. The molecule has 5 aromatic carbocycles. The number of carbonyl (C=O) groups is 6. The normalized spacial score (nSPS) is 12.0. The number of hydrogen-bond donors (Lipinski definition) is 4. The number of halogens is 5. The zero-order chi connectivity index (χ0) is 50.9. The Kier molecular flexibility index (Phi) is 20.7. The van der Waals surface area contributed by atoms with Gasteiger partial charge in [-0.15, -0.1) is 34.8 Å². The Labute approximate surface area is 428 Å². The van der Waals surface area contributed by atoms with Gasteiger partial charge in [-0.25, -0.2) is 0 Å². The second-order valence-corrected chi connectivity index (χ2v) is 16.9. The number of nitrogens with zero attached hydrogens (tertiary/aromatic N) is 4. The molecule has 0 aliphatic rings. The summed E-state index contributed by atoms with van der Waals surface area (Å²) in [5.74, 6) is -2.54. The number of azo groups is 2. The summed E-state index contributed by atoms with van der Waals surface area (Å²) in [6, 6.07) is 20.2. The first-order chi connectivity index (χ1) is 33.6. The highest BCUT2D eigenvalue weighted by Crippen LogP contribution is 2.34. The number of amides is 4. The monoisotopic (exact) mass is 1050 g/mol. The fourth-order valence-electron chi connectivity index (χ4n) is 6.64. The minimum Gasteiger partial charge on any atom is -0.491 e. The molecule has 21 heteroatoms. The Morgan fingerprint density at radius 1 is 0.543 bits per heavy atom. The lowest BCUT2D eigenvalue weighted by molar-refractivity contribution is -0.127. The van der Waals surface area contributed by atoms with Crippen LogP contribution in [0.2, 0.25) is 10.0 Å². The molecule has 2 unspecified atom stereocenters. The van der Waals surface area contributed by atoms with Crippen molar-refractivity contribution in [2.75, 3.05) is 46.2 Å². The average Bonchev–Trinajstić information content (AvgIpc) is 3.32. The number of para-hydroxylation sites is 2. The zero-order valence-corrected chi connectivity index (χ0v) is 42.0. The number of alkyl halides is 3. The maximum atomic E-state index is 13.5. The highest BCUT2D eigenvalue weighted by atomic mass is 35.5. The van der Waals surface area contributed by atoms with Gasteiger partial charge < -0.3 is 30.7 Å². The number of rotatable bonds is 23. The van der Waals surface area contributed by atoms with Gasteiger partial charge in [-0.05, 0) is 124 Å². The third-order valence-electron chi connectivity index (χ3n) is 10.0. The van der Waals surface area contributed by atoms with Crippen molar-refractivity contribution in [1.82, 2.24) is 0 Å². The van der Waals surface area contributed by atoms with E-state index in [1.54, 1.807) is 24.3 Å². The van der Waals surface area contributed by atoms with Gasteiger partial charge in [-0.1, -0.05) is 47.5 Å². The van der Waals surface area contributed by atoms with E-state index in [2.05, 4.69) is 41.7 Å². The molecule has 5 rings (SSSR count). The van der Waals surface area contributed by atoms with Crippen molar-refractivity contribution >= 4 is 127 Å². The van der Waals surface area contributed by atoms with Crippen molar-refractivity contribution in [2.45, 2.75) is 58.5 Å². The van der Waals surface area contributed by atoms with Gasteiger partial charge in [0.2, 0.25) is 12.1 Å². The molecule has 5 aromatic rings. The number of carbonyl (C=O) groups excluding carboxylic acids is 6. The molecule has 16 nitrogen and oxygen atoms in total. The van der Waals surface area contributed by atoms with Crippen LogP contribution in [0, 0.1) is 0 Å². The van der Waals surface area contributed by atoms with Gasteiger partial charge in [0.1, 0.15) is 22.9 Å². The summed E-state index contributed by atoms with van der Waals surface area (Å²) >= 11 is 31.0. The standard InChI is InChI=1S/C49H47Cl5N8O8/c1-5-69-44-29(19-21-50)9-7-11-38(44)57-46(65)31-13-16-35(53)40(24-31)59-61-42(27(3)63)48(67)55-34-15-18-37(33(23-34)26-52)56-49(68)43(28(4)64)62-60-41-25-32(14-17-36(41)54)47(66)58-39-12-8-10-30(20-22-51)45(39)70-6-2/h7-18,23-25,42-43H,5-6,19-22,26H2,1-4H3,(H,55,67)(H,56,68)(H,57,65)(H,58,66). The summed E-state index contributed by atoms with van der Waals surface area (Å²) in [6.45, 7) is 6.67. The van der Waals surface area contributed by atoms with E-state index in [9.17, 15) is 28.8 Å². The summed E-state index contributed by atoms with van der Waals surface area (Å²) in [5, 5.41) is 27.2. The van der Waals surface area contributed by atoms with Gasteiger partial charge in [-0.3, -0.25) is 28.8 Å². The van der Waals surface area contributed by atoms with Gasteiger partial charge in [0.05, 0.1) is 34.6 Å². The first kappa shape index (κ1) is 54.5. The molecule has 0 bridgehead atoms. The minimum absolute atomic E-state index is 0.0104. The van der Waals surface area contributed by atoms with Gasteiger partial charge >= 0.3 is 0 Å². The zero-order valence-electron chi connectivity index (χ0n) is 38.2. The van der Waals surface area contributed by atoms with Gasteiger partial charge in [0.25, 0.3) is 23.6 Å². The van der Waals surface area contributed by atoms with Crippen molar-refractivity contribution in [1.29, 1.82) is 0 Å². The number of ether oxygens (including phenoxy) is 2. The van der Waals surface area contributed by atoms with Crippen LogP contribution in [-0.2, 0) is 37.9 Å². The van der Waals surface area contributed by atoms with Crippen LogP contribution in [0.5, 0.6) is 11.5 Å². The molecule has 0 spiro atoms. The lowest BCUT2D eigenvalue weighted by Gasteiger charge is -2.16. The molecule has 70 heavy (non-hydrogen) atoms. The van der Waals surface area contributed by atoms with Crippen LogP contribution >= 0.6 is 58.0 Å². The van der Waals surface area contributed by atoms with Crippen LogP contribution in [-0.4, -0.2) is 72.3 Å². The molecule has 0 saturated carbocycles.